The van der Waals surface area contributed by atoms with Crippen molar-refractivity contribution in [1.29, 1.82) is 0 Å². The van der Waals surface area contributed by atoms with Crippen LogP contribution in [0.25, 0.3) is 0 Å². The molecule has 5 nitrogen and oxygen atoms in total. The third-order valence-corrected chi connectivity index (χ3v) is 2.97. The molecule has 0 aliphatic carbocycles. The van der Waals surface area contributed by atoms with Gasteiger partial charge in [-0.3, -0.25) is 0 Å². The Kier molecular flexibility index (Phi) is 4.59. The highest BCUT2D eigenvalue weighted by atomic mass is 35.5. The van der Waals surface area contributed by atoms with Gasteiger partial charge in [0.1, 0.15) is 5.82 Å². The van der Waals surface area contributed by atoms with Gasteiger partial charge in [-0.25, -0.2) is 14.2 Å². The third kappa shape index (κ3) is 3.41. The van der Waals surface area contributed by atoms with Gasteiger partial charge in [0, 0.05) is 11.9 Å². The SMILES string of the molecule is CCOC(=O)c1ccnc(Nc2ccc(Cl)c(F)c2)c1N. The van der Waals surface area contributed by atoms with E-state index in [2.05, 4.69) is 10.3 Å². The molecule has 3 N–H and O–H groups in total. The van der Waals surface area contributed by atoms with Crippen molar-refractivity contribution >= 4 is 34.8 Å². The smallest absolute Gasteiger partial charge is 0.340 e. The highest BCUT2D eigenvalue weighted by molar-refractivity contribution is 6.30. The second-order valence-corrected chi connectivity index (χ2v) is 4.50. The van der Waals surface area contributed by atoms with Gasteiger partial charge in [-0.2, -0.15) is 0 Å². The molecule has 0 radical (unpaired) electrons. The van der Waals surface area contributed by atoms with Crippen LogP contribution in [-0.2, 0) is 4.74 Å². The van der Waals surface area contributed by atoms with Crippen molar-refractivity contribution in [2.75, 3.05) is 17.7 Å². The van der Waals surface area contributed by atoms with Crippen molar-refractivity contribution in [3.63, 3.8) is 0 Å². The van der Waals surface area contributed by atoms with Crippen molar-refractivity contribution < 1.29 is 13.9 Å². The van der Waals surface area contributed by atoms with Crippen molar-refractivity contribution in [3.05, 3.63) is 46.9 Å². The predicted molar refractivity (Wildman–Crippen MR) is 79.3 cm³/mol. The Bertz CT molecular complexity index is 679. The number of benzene rings is 1. The molecule has 21 heavy (non-hydrogen) atoms. The van der Waals surface area contributed by atoms with Crippen molar-refractivity contribution in [1.82, 2.24) is 4.98 Å². The van der Waals surface area contributed by atoms with E-state index < -0.39 is 11.8 Å². The minimum absolute atomic E-state index is 0.0155. The molecule has 0 saturated carbocycles. The van der Waals surface area contributed by atoms with E-state index in [1.165, 1.54) is 24.4 Å². The van der Waals surface area contributed by atoms with Gasteiger partial charge in [0.05, 0.1) is 22.9 Å². The summed E-state index contributed by atoms with van der Waals surface area (Å²) in [6, 6.07) is 5.65. The van der Waals surface area contributed by atoms with E-state index in [0.717, 1.165) is 0 Å². The lowest BCUT2D eigenvalue weighted by atomic mass is 10.2. The van der Waals surface area contributed by atoms with Crippen LogP contribution in [0.2, 0.25) is 5.02 Å². The zero-order valence-corrected chi connectivity index (χ0v) is 11.9. The van der Waals surface area contributed by atoms with Crippen LogP contribution in [0.1, 0.15) is 17.3 Å². The molecule has 0 saturated heterocycles. The van der Waals surface area contributed by atoms with Crippen molar-refractivity contribution in [3.8, 4) is 0 Å². The molecule has 0 atom stereocenters. The quantitative estimate of drug-likeness (QED) is 0.847. The van der Waals surface area contributed by atoms with Gasteiger partial charge >= 0.3 is 5.97 Å². The van der Waals surface area contributed by atoms with Crippen molar-refractivity contribution in [2.45, 2.75) is 6.92 Å². The lowest BCUT2D eigenvalue weighted by Crippen LogP contribution is -2.10. The van der Waals surface area contributed by atoms with Crippen LogP contribution >= 0.6 is 11.6 Å². The molecule has 0 aliphatic rings. The maximum absolute atomic E-state index is 13.4. The number of nitrogens with two attached hydrogens (primary N) is 1. The zero-order chi connectivity index (χ0) is 15.4. The maximum atomic E-state index is 13.4. The first-order chi connectivity index (χ1) is 10.0. The van der Waals surface area contributed by atoms with Gasteiger partial charge < -0.3 is 15.8 Å². The van der Waals surface area contributed by atoms with E-state index in [0.29, 0.717) is 5.69 Å². The van der Waals surface area contributed by atoms with Gasteiger partial charge in [0.15, 0.2) is 5.82 Å². The van der Waals surface area contributed by atoms with Gasteiger partial charge in [-0.15, -0.1) is 0 Å². The first-order valence-corrected chi connectivity index (χ1v) is 6.54. The number of rotatable bonds is 4. The fraction of sp³-hybridized carbons (Fsp3) is 0.143. The Morgan fingerprint density at radius 3 is 2.90 bits per heavy atom. The first kappa shape index (κ1) is 15.1. The Morgan fingerprint density at radius 2 is 2.24 bits per heavy atom. The summed E-state index contributed by atoms with van der Waals surface area (Å²) in [5.74, 6) is -0.869. The minimum atomic E-state index is -0.568. The van der Waals surface area contributed by atoms with Crippen LogP contribution in [0.4, 0.5) is 21.6 Å². The first-order valence-electron chi connectivity index (χ1n) is 6.16. The number of esters is 1. The van der Waals surface area contributed by atoms with E-state index in [-0.39, 0.29) is 28.7 Å². The second-order valence-electron chi connectivity index (χ2n) is 4.10. The predicted octanol–water partition coefficient (Wildman–Crippen LogP) is 3.38. The van der Waals surface area contributed by atoms with Gasteiger partial charge in [-0.1, -0.05) is 11.6 Å². The molecule has 0 spiro atoms. The molecule has 1 aromatic heterocycles. The Morgan fingerprint density at radius 1 is 1.48 bits per heavy atom. The van der Waals surface area contributed by atoms with Crippen LogP contribution in [-0.4, -0.2) is 17.6 Å². The molecular weight excluding hydrogens is 297 g/mol. The fourth-order valence-electron chi connectivity index (χ4n) is 1.67. The largest absolute Gasteiger partial charge is 0.462 e. The number of carbonyl (C=O) groups excluding carboxylic acids is 1. The number of nitrogens with one attached hydrogen (secondary N) is 1. The molecule has 7 heteroatoms. The van der Waals surface area contributed by atoms with E-state index >= 15 is 0 Å². The van der Waals surface area contributed by atoms with Crippen LogP contribution in [0, 0.1) is 5.82 Å². The summed E-state index contributed by atoms with van der Waals surface area (Å²) in [6.07, 6.45) is 1.41. The highest BCUT2D eigenvalue weighted by Gasteiger charge is 2.15. The molecule has 2 rings (SSSR count). The average molecular weight is 310 g/mol. The van der Waals surface area contributed by atoms with Crippen LogP contribution in [0.3, 0.4) is 0 Å². The summed E-state index contributed by atoms with van der Waals surface area (Å²) in [4.78, 5) is 15.8. The van der Waals surface area contributed by atoms with Gasteiger partial charge in [0.2, 0.25) is 0 Å². The molecule has 0 amide bonds. The minimum Gasteiger partial charge on any atom is -0.462 e. The number of ether oxygens (including phenoxy) is 1. The number of hydrogen-bond acceptors (Lipinski definition) is 5. The molecule has 1 heterocycles. The zero-order valence-electron chi connectivity index (χ0n) is 11.2. The number of halogens is 2. The maximum Gasteiger partial charge on any atom is 0.340 e. The number of carbonyl (C=O) groups is 1. The summed E-state index contributed by atoms with van der Waals surface area (Å²) in [7, 11) is 0. The topological polar surface area (TPSA) is 77.2 Å². The van der Waals surface area contributed by atoms with E-state index in [1.54, 1.807) is 13.0 Å². The Hall–Kier alpha value is -2.34. The number of nitrogen functional groups attached to an aromatic ring is 1. The molecule has 2 aromatic rings. The van der Waals surface area contributed by atoms with E-state index in [9.17, 15) is 9.18 Å². The number of hydrogen-bond donors (Lipinski definition) is 2. The van der Waals surface area contributed by atoms with Crippen molar-refractivity contribution in [2.24, 2.45) is 0 Å². The molecule has 110 valence electrons. The monoisotopic (exact) mass is 309 g/mol. The lowest BCUT2D eigenvalue weighted by Gasteiger charge is -2.11. The molecule has 0 fully saturated rings. The van der Waals surface area contributed by atoms with Gasteiger partial charge in [-0.05, 0) is 31.2 Å². The number of pyridine rings is 1. The van der Waals surface area contributed by atoms with Crippen LogP contribution in [0.15, 0.2) is 30.5 Å². The highest BCUT2D eigenvalue weighted by Crippen LogP contribution is 2.26. The standard InChI is InChI=1S/C14H13ClFN3O2/c1-2-21-14(20)9-5-6-18-13(12(9)17)19-8-3-4-10(15)11(16)7-8/h3-7H,2,17H2,1H3,(H,18,19). The van der Waals surface area contributed by atoms with E-state index in [1.807, 2.05) is 0 Å². The molecular formula is C14H13ClFN3O2. The molecule has 1 aromatic carbocycles. The Labute approximate surface area is 125 Å². The van der Waals surface area contributed by atoms with Crippen LogP contribution < -0.4 is 11.1 Å². The summed E-state index contributed by atoms with van der Waals surface area (Å²) in [5.41, 5.74) is 6.63. The molecule has 0 bridgehead atoms. The van der Waals surface area contributed by atoms with E-state index in [4.69, 9.17) is 22.1 Å². The normalized spacial score (nSPS) is 10.2. The third-order valence-electron chi connectivity index (χ3n) is 2.67. The van der Waals surface area contributed by atoms with Gasteiger partial charge in [0.25, 0.3) is 0 Å². The molecule has 0 aliphatic heterocycles. The summed E-state index contributed by atoms with van der Waals surface area (Å²) >= 11 is 5.61. The fourth-order valence-corrected chi connectivity index (χ4v) is 1.79. The number of aromatic nitrogens is 1. The summed E-state index contributed by atoms with van der Waals surface area (Å²) in [5, 5.41) is 2.85. The lowest BCUT2D eigenvalue weighted by molar-refractivity contribution is 0.0527. The molecule has 0 unspecified atom stereocenters. The summed E-state index contributed by atoms with van der Waals surface area (Å²) in [6.45, 7) is 1.94. The van der Waals surface area contributed by atoms with Crippen LogP contribution in [0.5, 0.6) is 0 Å². The Balaban J connectivity index is 2.30. The average Bonchev–Trinajstić information content (AvgIpc) is 2.45. The number of anilines is 3. The number of nitrogens with zero attached hydrogens (tertiary/aromatic N) is 1. The summed E-state index contributed by atoms with van der Waals surface area (Å²) < 4.78 is 18.3. The second kappa shape index (κ2) is 6.41.